The number of nitrogens with zero attached hydrogens (tertiary/aromatic N) is 5. The molecule has 0 spiro atoms. The standard InChI is InChI=1S/C23H25N5O3S/c1-26(18-11-23(28(29)30)32-15-18)17-5-8-27(9-6-17)10-7-20-16(13-24)14-25-22-4-3-19(31-2)12-21(20)22/h3-4,11-12,14-15,17H,5-10H2,1-2H3. The Balaban J connectivity index is 1.40. The maximum Gasteiger partial charge on any atom is 0.326 e. The van der Waals surface area contributed by atoms with Gasteiger partial charge < -0.3 is 14.5 Å². The predicted molar refractivity (Wildman–Crippen MR) is 126 cm³/mol. The van der Waals surface area contributed by atoms with Crippen molar-refractivity contribution in [2.75, 3.05) is 38.7 Å². The molecule has 1 fully saturated rings. The third-order valence-corrected chi connectivity index (χ3v) is 7.12. The molecule has 0 amide bonds. The molecule has 1 aromatic carbocycles. The first kappa shape index (κ1) is 22.0. The number of piperidine rings is 1. The number of hydrogen-bond donors (Lipinski definition) is 0. The van der Waals surface area contributed by atoms with Crippen LogP contribution >= 0.6 is 11.3 Å². The van der Waals surface area contributed by atoms with E-state index < -0.39 is 0 Å². The molecule has 1 aliphatic heterocycles. The number of methoxy groups -OCH3 is 1. The van der Waals surface area contributed by atoms with Gasteiger partial charge in [-0.15, -0.1) is 0 Å². The van der Waals surface area contributed by atoms with Gasteiger partial charge in [0, 0.05) is 49.7 Å². The third-order valence-electron chi connectivity index (χ3n) is 6.25. The van der Waals surface area contributed by atoms with Gasteiger partial charge >= 0.3 is 5.00 Å². The largest absolute Gasteiger partial charge is 0.497 e. The molecule has 0 unspecified atom stereocenters. The van der Waals surface area contributed by atoms with Crippen LogP contribution in [0.15, 0.2) is 35.8 Å². The first-order valence-electron chi connectivity index (χ1n) is 10.5. The summed E-state index contributed by atoms with van der Waals surface area (Å²) in [6.07, 6.45) is 4.42. The molecule has 0 aliphatic carbocycles. The first-order valence-corrected chi connectivity index (χ1v) is 11.4. The van der Waals surface area contributed by atoms with Gasteiger partial charge in [0.1, 0.15) is 11.8 Å². The minimum absolute atomic E-state index is 0.179. The fourth-order valence-corrected chi connectivity index (χ4v) is 5.08. The fourth-order valence-electron chi connectivity index (χ4n) is 4.33. The molecular formula is C23H25N5O3S. The summed E-state index contributed by atoms with van der Waals surface area (Å²) in [6.45, 7) is 2.77. The molecule has 0 radical (unpaired) electrons. The Morgan fingerprint density at radius 1 is 1.38 bits per heavy atom. The van der Waals surface area contributed by atoms with Crippen LogP contribution in [0.25, 0.3) is 10.9 Å². The highest BCUT2D eigenvalue weighted by Crippen LogP contribution is 2.31. The number of anilines is 1. The Bertz CT molecular complexity index is 1160. The summed E-state index contributed by atoms with van der Waals surface area (Å²) in [4.78, 5) is 19.6. The molecule has 9 heteroatoms. The van der Waals surface area contributed by atoms with Gasteiger partial charge in [-0.3, -0.25) is 15.1 Å². The smallest absolute Gasteiger partial charge is 0.326 e. The third kappa shape index (κ3) is 4.52. The molecule has 3 aromatic rings. The Labute approximate surface area is 190 Å². The van der Waals surface area contributed by atoms with E-state index in [2.05, 4.69) is 20.9 Å². The molecule has 1 aliphatic rings. The molecule has 3 heterocycles. The second-order valence-electron chi connectivity index (χ2n) is 7.98. The van der Waals surface area contributed by atoms with Crippen LogP contribution in [-0.2, 0) is 6.42 Å². The van der Waals surface area contributed by atoms with E-state index in [1.54, 1.807) is 19.4 Å². The van der Waals surface area contributed by atoms with Crippen LogP contribution in [-0.4, -0.2) is 54.6 Å². The predicted octanol–water partition coefficient (Wildman–Crippen LogP) is 4.23. The van der Waals surface area contributed by atoms with Crippen molar-refractivity contribution >= 4 is 32.9 Å². The number of aromatic nitrogens is 1. The second-order valence-corrected chi connectivity index (χ2v) is 8.87. The maximum atomic E-state index is 11.0. The zero-order chi connectivity index (χ0) is 22.7. The Kier molecular flexibility index (Phi) is 6.53. The topological polar surface area (TPSA) is 95.5 Å². The first-order chi connectivity index (χ1) is 15.5. The maximum absolute atomic E-state index is 11.0. The van der Waals surface area contributed by atoms with Crippen molar-refractivity contribution in [1.82, 2.24) is 9.88 Å². The second kappa shape index (κ2) is 9.51. The van der Waals surface area contributed by atoms with Gasteiger partial charge in [0.2, 0.25) is 0 Å². The SMILES string of the molecule is COc1ccc2ncc(C#N)c(CCN3CCC(N(C)c4csc([N+](=O)[O-])c4)CC3)c2c1. The van der Waals surface area contributed by atoms with Crippen molar-refractivity contribution in [3.63, 3.8) is 0 Å². The molecule has 4 rings (SSSR count). The van der Waals surface area contributed by atoms with E-state index in [-0.39, 0.29) is 9.92 Å². The highest BCUT2D eigenvalue weighted by molar-refractivity contribution is 7.13. The number of hydrogen-bond acceptors (Lipinski definition) is 8. The normalized spacial score (nSPS) is 14.9. The van der Waals surface area contributed by atoms with E-state index in [4.69, 9.17) is 4.74 Å². The monoisotopic (exact) mass is 451 g/mol. The van der Waals surface area contributed by atoms with Crippen LogP contribution in [0.5, 0.6) is 5.75 Å². The molecule has 1 saturated heterocycles. The number of fused-ring (bicyclic) bond motifs is 1. The van der Waals surface area contributed by atoms with Crippen LogP contribution in [0, 0.1) is 21.4 Å². The Hall–Kier alpha value is -3.22. The lowest BCUT2D eigenvalue weighted by molar-refractivity contribution is -0.380. The van der Waals surface area contributed by atoms with Gasteiger partial charge in [-0.1, -0.05) is 11.3 Å². The lowest BCUT2D eigenvalue weighted by Gasteiger charge is -2.37. The lowest BCUT2D eigenvalue weighted by atomic mass is 9.99. The minimum atomic E-state index is -0.335. The van der Waals surface area contributed by atoms with E-state index >= 15 is 0 Å². The summed E-state index contributed by atoms with van der Waals surface area (Å²) in [7, 11) is 3.65. The summed E-state index contributed by atoms with van der Waals surface area (Å²) in [6, 6.07) is 10.1. The van der Waals surface area contributed by atoms with Crippen LogP contribution < -0.4 is 9.64 Å². The number of benzene rings is 1. The quantitative estimate of drug-likeness (QED) is 0.392. The summed E-state index contributed by atoms with van der Waals surface area (Å²) < 4.78 is 5.37. The molecule has 8 nitrogen and oxygen atoms in total. The van der Waals surface area contributed by atoms with Gasteiger partial charge in [0.15, 0.2) is 0 Å². The van der Waals surface area contributed by atoms with Crippen LogP contribution in [0.2, 0.25) is 0 Å². The number of thiophene rings is 1. The van der Waals surface area contributed by atoms with Gasteiger partial charge in [-0.25, -0.2) is 0 Å². The zero-order valence-corrected chi connectivity index (χ0v) is 19.0. The van der Waals surface area contributed by atoms with E-state index in [0.717, 1.165) is 66.8 Å². The van der Waals surface area contributed by atoms with E-state index in [9.17, 15) is 15.4 Å². The number of rotatable bonds is 7. The van der Waals surface area contributed by atoms with Crippen molar-refractivity contribution < 1.29 is 9.66 Å². The number of nitriles is 1. The molecular weight excluding hydrogens is 426 g/mol. The minimum Gasteiger partial charge on any atom is -0.497 e. The molecule has 2 aromatic heterocycles. The summed E-state index contributed by atoms with van der Waals surface area (Å²) >= 11 is 1.17. The highest BCUT2D eigenvalue weighted by atomic mass is 32.1. The van der Waals surface area contributed by atoms with Crippen molar-refractivity contribution in [3.8, 4) is 11.8 Å². The summed E-state index contributed by atoms with van der Waals surface area (Å²) in [5, 5.41) is 23.6. The lowest BCUT2D eigenvalue weighted by Crippen LogP contribution is -2.44. The summed E-state index contributed by atoms with van der Waals surface area (Å²) in [5.41, 5.74) is 3.40. The van der Waals surface area contributed by atoms with E-state index in [1.807, 2.05) is 30.6 Å². The van der Waals surface area contributed by atoms with Crippen molar-refractivity contribution in [1.29, 1.82) is 5.26 Å². The molecule has 0 N–H and O–H groups in total. The number of likely N-dealkylation sites (tertiary alicyclic amines) is 1. The highest BCUT2D eigenvalue weighted by Gasteiger charge is 2.24. The average Bonchev–Trinajstić information content (AvgIpc) is 3.32. The number of ether oxygens (including phenoxy) is 1. The van der Waals surface area contributed by atoms with Crippen LogP contribution in [0.3, 0.4) is 0 Å². The van der Waals surface area contributed by atoms with E-state index in [0.29, 0.717) is 11.6 Å². The number of pyridine rings is 1. The van der Waals surface area contributed by atoms with Gasteiger partial charge in [0.05, 0.1) is 34.9 Å². The summed E-state index contributed by atoms with van der Waals surface area (Å²) in [5.74, 6) is 0.758. The average molecular weight is 452 g/mol. The molecule has 166 valence electrons. The van der Waals surface area contributed by atoms with Crippen molar-refractivity contribution in [2.24, 2.45) is 0 Å². The number of nitro groups is 1. The van der Waals surface area contributed by atoms with Crippen molar-refractivity contribution in [2.45, 2.75) is 25.3 Å². The Morgan fingerprint density at radius 2 is 2.16 bits per heavy atom. The zero-order valence-electron chi connectivity index (χ0n) is 18.2. The van der Waals surface area contributed by atoms with E-state index in [1.165, 1.54) is 11.3 Å². The Morgan fingerprint density at radius 3 is 2.81 bits per heavy atom. The molecule has 32 heavy (non-hydrogen) atoms. The van der Waals surface area contributed by atoms with Crippen LogP contribution in [0.1, 0.15) is 24.0 Å². The van der Waals surface area contributed by atoms with Gasteiger partial charge in [-0.2, -0.15) is 5.26 Å². The van der Waals surface area contributed by atoms with Crippen LogP contribution in [0.4, 0.5) is 10.7 Å². The molecule has 0 saturated carbocycles. The fraction of sp³-hybridized carbons (Fsp3) is 0.391. The molecule has 0 atom stereocenters. The van der Waals surface area contributed by atoms with Gasteiger partial charge in [0.25, 0.3) is 0 Å². The molecule has 0 bridgehead atoms. The van der Waals surface area contributed by atoms with Crippen molar-refractivity contribution in [3.05, 3.63) is 57.1 Å². The van der Waals surface area contributed by atoms with Gasteiger partial charge in [-0.05, 0) is 43.0 Å².